The molecule has 0 unspecified atom stereocenters. The van der Waals surface area contributed by atoms with Crippen LogP contribution in [0.3, 0.4) is 0 Å². The summed E-state index contributed by atoms with van der Waals surface area (Å²) in [4.78, 5) is 14.4. The smallest absolute Gasteiger partial charge is 0.355 e. The molecule has 0 spiro atoms. The van der Waals surface area contributed by atoms with E-state index in [1.54, 1.807) is 12.1 Å². The number of carboxylic acid groups (broad SMARTS) is 1. The molecule has 14 heavy (non-hydrogen) atoms. The Hall–Kier alpha value is -1.33. The van der Waals surface area contributed by atoms with E-state index in [1.807, 2.05) is 0 Å². The summed E-state index contributed by atoms with van der Waals surface area (Å²) in [5.74, 6) is -0.572. The zero-order valence-corrected chi connectivity index (χ0v) is 8.30. The number of aromatic carboxylic acids is 1. The average Bonchev–Trinajstić information content (AvgIpc) is 2.70. The first-order valence-corrected chi connectivity index (χ1v) is 4.87. The predicted molar refractivity (Wildman–Crippen MR) is 51.8 cm³/mol. The number of aromatic nitrogens is 1. The van der Waals surface area contributed by atoms with Gasteiger partial charge in [0.05, 0.1) is 0 Å². The number of furan rings is 1. The molecule has 0 aromatic carbocycles. The van der Waals surface area contributed by atoms with Crippen molar-refractivity contribution < 1.29 is 14.3 Å². The Morgan fingerprint density at radius 3 is 2.86 bits per heavy atom. The van der Waals surface area contributed by atoms with Crippen molar-refractivity contribution in [3.8, 4) is 10.8 Å². The number of nitrogens with zero attached hydrogens (tertiary/aromatic N) is 1. The highest BCUT2D eigenvalue weighted by Crippen LogP contribution is 2.27. The van der Waals surface area contributed by atoms with E-state index in [9.17, 15) is 4.79 Å². The van der Waals surface area contributed by atoms with Gasteiger partial charge in [0.25, 0.3) is 0 Å². The van der Waals surface area contributed by atoms with Gasteiger partial charge in [-0.1, -0.05) is 0 Å². The maximum atomic E-state index is 10.5. The molecule has 0 fully saturated rings. The summed E-state index contributed by atoms with van der Waals surface area (Å²) in [5, 5.41) is 10.9. The molecule has 72 valence electrons. The third-order valence-corrected chi connectivity index (χ3v) is 2.57. The third kappa shape index (κ3) is 1.64. The van der Waals surface area contributed by atoms with Gasteiger partial charge >= 0.3 is 5.97 Å². The normalized spacial score (nSPS) is 10.4. The van der Waals surface area contributed by atoms with Gasteiger partial charge in [0.1, 0.15) is 0 Å². The number of rotatable bonds is 2. The largest absolute Gasteiger partial charge is 0.476 e. The van der Waals surface area contributed by atoms with Gasteiger partial charge in [-0.15, -0.1) is 11.3 Å². The van der Waals surface area contributed by atoms with Gasteiger partial charge in [-0.25, -0.2) is 9.78 Å². The standard InChI is InChI=1S/C8H4ClNO3S/c9-6-2-1-5(13-6)7-10-4(3-14-7)8(11)12/h1-3H,(H,11,12). The van der Waals surface area contributed by atoms with Gasteiger partial charge in [0.2, 0.25) is 0 Å². The van der Waals surface area contributed by atoms with Gasteiger partial charge in [0, 0.05) is 5.38 Å². The summed E-state index contributed by atoms with van der Waals surface area (Å²) in [7, 11) is 0. The maximum absolute atomic E-state index is 10.5. The highest BCUT2D eigenvalue weighted by atomic mass is 35.5. The minimum Gasteiger partial charge on any atom is -0.476 e. The second-order valence-electron chi connectivity index (χ2n) is 2.45. The summed E-state index contributed by atoms with van der Waals surface area (Å²) in [5.41, 5.74) is 0.0116. The van der Waals surface area contributed by atoms with Crippen LogP contribution in [0.1, 0.15) is 10.5 Å². The topological polar surface area (TPSA) is 63.3 Å². The van der Waals surface area contributed by atoms with E-state index in [4.69, 9.17) is 21.1 Å². The Morgan fingerprint density at radius 2 is 2.36 bits per heavy atom. The lowest BCUT2D eigenvalue weighted by molar-refractivity contribution is 0.0691. The van der Waals surface area contributed by atoms with Crippen LogP contribution >= 0.6 is 22.9 Å². The van der Waals surface area contributed by atoms with E-state index in [0.717, 1.165) is 0 Å². The number of halogens is 1. The minimum absolute atomic E-state index is 0.0116. The Labute approximate surface area is 87.8 Å². The van der Waals surface area contributed by atoms with Crippen molar-refractivity contribution in [2.45, 2.75) is 0 Å². The van der Waals surface area contributed by atoms with Gasteiger partial charge < -0.3 is 9.52 Å². The fourth-order valence-corrected chi connectivity index (χ4v) is 1.81. The number of hydrogen-bond donors (Lipinski definition) is 1. The molecule has 0 saturated heterocycles. The van der Waals surface area contributed by atoms with Crippen LogP contribution in [0.25, 0.3) is 10.8 Å². The maximum Gasteiger partial charge on any atom is 0.355 e. The Morgan fingerprint density at radius 1 is 1.57 bits per heavy atom. The molecular weight excluding hydrogens is 226 g/mol. The van der Waals surface area contributed by atoms with E-state index in [1.165, 1.54) is 16.7 Å². The summed E-state index contributed by atoms with van der Waals surface area (Å²) in [6.45, 7) is 0. The van der Waals surface area contributed by atoms with E-state index in [2.05, 4.69) is 4.98 Å². The van der Waals surface area contributed by atoms with Crippen molar-refractivity contribution in [3.63, 3.8) is 0 Å². The van der Waals surface area contributed by atoms with Crippen LogP contribution in [0.2, 0.25) is 5.22 Å². The van der Waals surface area contributed by atoms with Crippen LogP contribution in [-0.2, 0) is 0 Å². The SMILES string of the molecule is O=C(O)c1csc(-c2ccc(Cl)o2)n1. The van der Waals surface area contributed by atoms with Gasteiger partial charge in [0.15, 0.2) is 21.7 Å². The van der Waals surface area contributed by atoms with Crippen LogP contribution in [0, 0.1) is 0 Å². The van der Waals surface area contributed by atoms with Crippen LogP contribution in [0.5, 0.6) is 0 Å². The number of hydrogen-bond acceptors (Lipinski definition) is 4. The van der Waals surface area contributed by atoms with E-state index in [0.29, 0.717) is 10.8 Å². The lowest BCUT2D eigenvalue weighted by Crippen LogP contribution is -1.95. The predicted octanol–water partition coefficient (Wildman–Crippen LogP) is 2.75. The lowest BCUT2D eigenvalue weighted by atomic mass is 10.4. The molecule has 6 heteroatoms. The van der Waals surface area contributed by atoms with Crippen LogP contribution in [0.15, 0.2) is 21.9 Å². The molecule has 2 rings (SSSR count). The molecule has 1 N–H and O–H groups in total. The van der Waals surface area contributed by atoms with Crippen LogP contribution in [0.4, 0.5) is 0 Å². The zero-order chi connectivity index (χ0) is 10.1. The molecule has 0 aliphatic carbocycles. The lowest BCUT2D eigenvalue weighted by Gasteiger charge is -1.86. The molecule has 2 aromatic heterocycles. The Kier molecular flexibility index (Phi) is 2.26. The minimum atomic E-state index is -1.05. The highest BCUT2D eigenvalue weighted by molar-refractivity contribution is 7.13. The molecule has 2 aromatic rings. The van der Waals surface area contributed by atoms with Crippen molar-refractivity contribution in [1.82, 2.24) is 4.98 Å². The molecule has 0 amide bonds. The molecular formula is C8H4ClNO3S. The van der Waals surface area contributed by atoms with Gasteiger partial charge in [-0.05, 0) is 23.7 Å². The summed E-state index contributed by atoms with van der Waals surface area (Å²) >= 11 is 6.77. The van der Waals surface area contributed by atoms with E-state index in [-0.39, 0.29) is 10.9 Å². The summed E-state index contributed by atoms with van der Waals surface area (Å²) < 4.78 is 5.08. The van der Waals surface area contributed by atoms with Gasteiger partial charge in [-0.3, -0.25) is 0 Å². The summed E-state index contributed by atoms with van der Waals surface area (Å²) in [6, 6.07) is 3.23. The second-order valence-corrected chi connectivity index (χ2v) is 3.68. The Bertz CT molecular complexity index is 476. The fourth-order valence-electron chi connectivity index (χ4n) is 0.914. The fraction of sp³-hybridized carbons (Fsp3) is 0. The van der Waals surface area contributed by atoms with Crippen LogP contribution < -0.4 is 0 Å². The third-order valence-electron chi connectivity index (χ3n) is 1.51. The number of carbonyl (C=O) groups is 1. The van der Waals surface area contributed by atoms with Crippen molar-refractivity contribution in [1.29, 1.82) is 0 Å². The summed E-state index contributed by atoms with van der Waals surface area (Å²) in [6.07, 6.45) is 0. The van der Waals surface area contributed by atoms with Crippen molar-refractivity contribution in [2.24, 2.45) is 0 Å². The number of thiazole rings is 1. The van der Waals surface area contributed by atoms with Crippen molar-refractivity contribution in [3.05, 3.63) is 28.4 Å². The molecule has 0 saturated carbocycles. The first kappa shape index (κ1) is 9.23. The van der Waals surface area contributed by atoms with E-state index < -0.39 is 5.97 Å². The highest BCUT2D eigenvalue weighted by Gasteiger charge is 2.12. The zero-order valence-electron chi connectivity index (χ0n) is 6.73. The molecule has 4 nitrogen and oxygen atoms in total. The van der Waals surface area contributed by atoms with Gasteiger partial charge in [-0.2, -0.15) is 0 Å². The first-order chi connectivity index (χ1) is 6.66. The average molecular weight is 230 g/mol. The second kappa shape index (κ2) is 3.43. The molecule has 0 atom stereocenters. The first-order valence-electron chi connectivity index (χ1n) is 3.61. The van der Waals surface area contributed by atoms with Crippen LogP contribution in [-0.4, -0.2) is 16.1 Å². The number of carboxylic acids is 1. The monoisotopic (exact) mass is 229 g/mol. The molecule has 0 bridgehead atoms. The van der Waals surface area contributed by atoms with Crippen molar-refractivity contribution in [2.75, 3.05) is 0 Å². The molecule has 0 radical (unpaired) electrons. The molecule has 0 aliphatic rings. The van der Waals surface area contributed by atoms with E-state index >= 15 is 0 Å². The van der Waals surface area contributed by atoms with Crippen molar-refractivity contribution >= 4 is 28.9 Å². The Balaban J connectivity index is 2.38. The quantitative estimate of drug-likeness (QED) is 0.860. The molecule has 2 heterocycles. The molecule has 0 aliphatic heterocycles.